The largest absolute Gasteiger partial charge is 0.392 e. The number of sulfonamides is 1. The zero-order valence-electron chi connectivity index (χ0n) is 11.2. The minimum Gasteiger partial charge on any atom is -0.392 e. The highest BCUT2D eigenvalue weighted by atomic mass is 32.2. The number of thiophene rings is 1. The van der Waals surface area contributed by atoms with Crippen LogP contribution in [0.2, 0.25) is 0 Å². The van der Waals surface area contributed by atoms with Gasteiger partial charge in [-0.1, -0.05) is 30.3 Å². The van der Waals surface area contributed by atoms with Gasteiger partial charge in [0.2, 0.25) is 10.0 Å². The standard InChI is InChI=1S/C14H17NO3S2/c1-15(9-14-3-2-8-19-14)20(17,18)11-13-6-4-12(10-16)5-7-13/h2-8,16H,9-11H2,1H3. The van der Waals surface area contributed by atoms with Gasteiger partial charge in [-0.2, -0.15) is 4.31 Å². The van der Waals surface area contributed by atoms with Crippen molar-refractivity contribution in [2.75, 3.05) is 7.05 Å². The van der Waals surface area contributed by atoms with Crippen LogP contribution < -0.4 is 0 Å². The molecule has 0 saturated heterocycles. The smallest absolute Gasteiger partial charge is 0.218 e. The molecule has 0 unspecified atom stereocenters. The van der Waals surface area contributed by atoms with Crippen molar-refractivity contribution in [1.82, 2.24) is 4.31 Å². The highest BCUT2D eigenvalue weighted by molar-refractivity contribution is 7.88. The van der Waals surface area contributed by atoms with Crippen molar-refractivity contribution >= 4 is 21.4 Å². The van der Waals surface area contributed by atoms with Gasteiger partial charge in [-0.05, 0) is 22.6 Å². The molecule has 1 heterocycles. The molecule has 0 fully saturated rings. The van der Waals surface area contributed by atoms with Gasteiger partial charge < -0.3 is 5.11 Å². The van der Waals surface area contributed by atoms with Crippen LogP contribution in [-0.2, 0) is 28.9 Å². The second-order valence-corrected chi connectivity index (χ2v) is 7.67. The summed E-state index contributed by atoms with van der Waals surface area (Å²) in [6, 6.07) is 10.8. The van der Waals surface area contributed by atoms with Crippen LogP contribution in [0.1, 0.15) is 16.0 Å². The van der Waals surface area contributed by atoms with Crippen molar-refractivity contribution in [2.24, 2.45) is 0 Å². The Morgan fingerprint density at radius 1 is 1.15 bits per heavy atom. The highest BCUT2D eigenvalue weighted by Gasteiger charge is 2.19. The summed E-state index contributed by atoms with van der Waals surface area (Å²) in [4.78, 5) is 1.02. The zero-order chi connectivity index (χ0) is 14.6. The Morgan fingerprint density at radius 3 is 2.35 bits per heavy atom. The van der Waals surface area contributed by atoms with Crippen molar-refractivity contribution in [3.8, 4) is 0 Å². The lowest BCUT2D eigenvalue weighted by Crippen LogP contribution is -2.27. The summed E-state index contributed by atoms with van der Waals surface area (Å²) in [5.41, 5.74) is 1.50. The number of hydrogen-bond acceptors (Lipinski definition) is 4. The second kappa shape index (κ2) is 6.49. The van der Waals surface area contributed by atoms with Gasteiger partial charge in [0.1, 0.15) is 0 Å². The Labute approximate surface area is 123 Å². The molecule has 108 valence electrons. The molecule has 1 aromatic carbocycles. The number of aliphatic hydroxyl groups is 1. The Bertz CT molecular complexity index is 634. The van der Waals surface area contributed by atoms with Crippen LogP contribution in [0.15, 0.2) is 41.8 Å². The van der Waals surface area contributed by atoms with Crippen LogP contribution in [0.5, 0.6) is 0 Å². The lowest BCUT2D eigenvalue weighted by Gasteiger charge is -2.16. The van der Waals surface area contributed by atoms with Gasteiger partial charge in [-0.15, -0.1) is 11.3 Å². The molecule has 2 rings (SSSR count). The first-order valence-corrected chi connectivity index (χ1v) is 8.65. The van der Waals surface area contributed by atoms with Gasteiger partial charge in [0.25, 0.3) is 0 Å². The van der Waals surface area contributed by atoms with E-state index in [1.54, 1.807) is 42.6 Å². The summed E-state index contributed by atoms with van der Waals surface area (Å²) in [6.45, 7) is 0.361. The molecular formula is C14H17NO3S2. The van der Waals surface area contributed by atoms with E-state index in [4.69, 9.17) is 5.11 Å². The third-order valence-electron chi connectivity index (χ3n) is 2.99. The molecule has 0 aliphatic carbocycles. The lowest BCUT2D eigenvalue weighted by atomic mass is 10.2. The second-order valence-electron chi connectivity index (χ2n) is 4.57. The maximum absolute atomic E-state index is 12.3. The van der Waals surface area contributed by atoms with Crippen LogP contribution in [0.4, 0.5) is 0 Å². The maximum Gasteiger partial charge on any atom is 0.218 e. The van der Waals surface area contributed by atoms with Gasteiger partial charge in [0, 0.05) is 18.5 Å². The monoisotopic (exact) mass is 311 g/mol. The molecular weight excluding hydrogens is 294 g/mol. The van der Waals surface area contributed by atoms with E-state index in [0.29, 0.717) is 6.54 Å². The average molecular weight is 311 g/mol. The van der Waals surface area contributed by atoms with Crippen LogP contribution in [0, 0.1) is 0 Å². The molecule has 0 bridgehead atoms. The fraction of sp³-hybridized carbons (Fsp3) is 0.286. The predicted octanol–water partition coefficient (Wildman–Crippen LogP) is 2.20. The minimum absolute atomic E-state index is 0.0272. The topological polar surface area (TPSA) is 57.6 Å². The minimum atomic E-state index is -3.33. The van der Waals surface area contributed by atoms with Crippen LogP contribution in [0.3, 0.4) is 0 Å². The van der Waals surface area contributed by atoms with E-state index in [1.807, 2.05) is 17.5 Å². The Balaban J connectivity index is 2.05. The maximum atomic E-state index is 12.3. The number of hydrogen-bond donors (Lipinski definition) is 1. The van der Waals surface area contributed by atoms with Gasteiger partial charge in [-0.3, -0.25) is 0 Å². The van der Waals surface area contributed by atoms with Crippen molar-refractivity contribution < 1.29 is 13.5 Å². The Kier molecular flexibility index (Phi) is 4.93. The van der Waals surface area contributed by atoms with Crippen LogP contribution in [-0.4, -0.2) is 24.9 Å². The molecule has 0 atom stereocenters. The zero-order valence-corrected chi connectivity index (χ0v) is 12.8. The average Bonchev–Trinajstić information content (AvgIpc) is 2.92. The van der Waals surface area contributed by atoms with Crippen molar-refractivity contribution in [3.63, 3.8) is 0 Å². The summed E-state index contributed by atoms with van der Waals surface area (Å²) in [6.07, 6.45) is 0. The van der Waals surface area contributed by atoms with Gasteiger partial charge >= 0.3 is 0 Å². The molecule has 0 radical (unpaired) electrons. The fourth-order valence-corrected chi connectivity index (χ4v) is 3.79. The van der Waals surface area contributed by atoms with Gasteiger partial charge in [0.05, 0.1) is 12.4 Å². The summed E-state index contributed by atoms with van der Waals surface area (Å²) in [5, 5.41) is 10.9. The first-order chi connectivity index (χ1) is 9.51. The molecule has 2 aromatic rings. The Morgan fingerprint density at radius 2 is 1.80 bits per heavy atom. The van der Waals surface area contributed by atoms with Gasteiger partial charge in [-0.25, -0.2) is 8.42 Å². The summed E-state index contributed by atoms with van der Waals surface area (Å²) in [7, 11) is -1.74. The van der Waals surface area contributed by atoms with Crippen LogP contribution >= 0.6 is 11.3 Å². The number of aliphatic hydroxyl groups excluding tert-OH is 1. The van der Waals surface area contributed by atoms with E-state index < -0.39 is 10.0 Å². The molecule has 20 heavy (non-hydrogen) atoms. The molecule has 1 aromatic heterocycles. The van der Waals surface area contributed by atoms with E-state index in [-0.39, 0.29) is 12.4 Å². The SMILES string of the molecule is CN(Cc1cccs1)S(=O)(=O)Cc1ccc(CO)cc1. The molecule has 0 aliphatic rings. The lowest BCUT2D eigenvalue weighted by molar-refractivity contribution is 0.282. The summed E-state index contributed by atoms with van der Waals surface area (Å²) < 4.78 is 25.9. The summed E-state index contributed by atoms with van der Waals surface area (Å²) in [5.74, 6) is -0.0272. The first kappa shape index (κ1) is 15.2. The number of nitrogens with zero attached hydrogens (tertiary/aromatic N) is 1. The molecule has 0 aliphatic heterocycles. The normalized spacial score (nSPS) is 11.9. The summed E-state index contributed by atoms with van der Waals surface area (Å²) >= 11 is 1.54. The number of rotatable bonds is 6. The molecule has 4 nitrogen and oxygen atoms in total. The molecule has 6 heteroatoms. The van der Waals surface area contributed by atoms with Crippen molar-refractivity contribution in [1.29, 1.82) is 0 Å². The fourth-order valence-electron chi connectivity index (χ4n) is 1.78. The van der Waals surface area contributed by atoms with Crippen molar-refractivity contribution in [3.05, 3.63) is 57.8 Å². The first-order valence-electron chi connectivity index (χ1n) is 6.16. The van der Waals surface area contributed by atoms with Crippen molar-refractivity contribution in [2.45, 2.75) is 18.9 Å². The Hall–Kier alpha value is -1.21. The van der Waals surface area contributed by atoms with E-state index in [1.165, 1.54) is 4.31 Å². The highest BCUT2D eigenvalue weighted by Crippen LogP contribution is 2.16. The third kappa shape index (κ3) is 3.89. The van der Waals surface area contributed by atoms with E-state index >= 15 is 0 Å². The third-order valence-corrected chi connectivity index (χ3v) is 5.63. The van der Waals surface area contributed by atoms with E-state index in [9.17, 15) is 8.42 Å². The van der Waals surface area contributed by atoms with E-state index in [0.717, 1.165) is 16.0 Å². The predicted molar refractivity (Wildman–Crippen MR) is 80.8 cm³/mol. The van der Waals surface area contributed by atoms with E-state index in [2.05, 4.69) is 0 Å². The molecule has 1 N–H and O–H groups in total. The quantitative estimate of drug-likeness (QED) is 0.890. The molecule has 0 spiro atoms. The molecule has 0 saturated carbocycles. The molecule has 0 amide bonds. The van der Waals surface area contributed by atoms with Gasteiger partial charge in [0.15, 0.2) is 0 Å². The number of benzene rings is 1. The van der Waals surface area contributed by atoms with Crippen LogP contribution in [0.25, 0.3) is 0 Å².